The second-order valence-corrected chi connectivity index (χ2v) is 3.10. The second kappa shape index (κ2) is 3.93. The van der Waals surface area contributed by atoms with Gasteiger partial charge in [-0.1, -0.05) is 26.2 Å². The van der Waals surface area contributed by atoms with E-state index in [1.54, 1.807) is 0 Å². The average Bonchev–Trinajstić information content (AvgIpc) is 2.02. The molecule has 0 radical (unpaired) electrons. The molecule has 0 aromatic heterocycles. The van der Waals surface area contributed by atoms with Crippen LogP contribution in [0.3, 0.4) is 0 Å². The van der Waals surface area contributed by atoms with Crippen molar-refractivity contribution in [1.82, 2.24) is 0 Å². The molecule has 2 N–H and O–H groups in total. The molecular formula is C8H14O5. The van der Waals surface area contributed by atoms with Gasteiger partial charge in [0.2, 0.25) is 0 Å². The minimum Gasteiger partial charge on any atom is -0.382 e. The van der Waals surface area contributed by atoms with Crippen LogP contribution in [0.4, 0.5) is 4.79 Å². The Bertz CT molecular complexity index is 183. The van der Waals surface area contributed by atoms with Gasteiger partial charge in [0.1, 0.15) is 0 Å². The van der Waals surface area contributed by atoms with Crippen LogP contribution >= 0.6 is 0 Å². The molecule has 1 unspecified atom stereocenters. The molecule has 1 heterocycles. The zero-order chi connectivity index (χ0) is 9.90. The summed E-state index contributed by atoms with van der Waals surface area (Å²) in [5.41, 5.74) is 0. The van der Waals surface area contributed by atoms with Crippen molar-refractivity contribution >= 4 is 6.16 Å². The van der Waals surface area contributed by atoms with E-state index in [0.717, 1.165) is 19.3 Å². The summed E-state index contributed by atoms with van der Waals surface area (Å²) < 4.78 is 8.53. The third-order valence-corrected chi connectivity index (χ3v) is 1.96. The fourth-order valence-corrected chi connectivity index (χ4v) is 1.15. The van der Waals surface area contributed by atoms with E-state index >= 15 is 0 Å². The zero-order valence-corrected chi connectivity index (χ0v) is 7.52. The number of hydrogen-bond donors (Lipinski definition) is 2. The van der Waals surface area contributed by atoms with Crippen molar-refractivity contribution in [3.8, 4) is 0 Å². The molecule has 0 saturated carbocycles. The number of ether oxygens (including phenoxy) is 2. The normalized spacial score (nSPS) is 21.3. The summed E-state index contributed by atoms with van der Waals surface area (Å²) in [6.45, 7) is 2.03. The molecule has 0 spiro atoms. The minimum atomic E-state index is -2.09. The fraction of sp³-hybridized carbons (Fsp3) is 0.875. The molecule has 0 amide bonds. The average molecular weight is 190 g/mol. The van der Waals surface area contributed by atoms with E-state index in [1.807, 2.05) is 6.92 Å². The van der Waals surface area contributed by atoms with Gasteiger partial charge in [-0.25, -0.2) is 4.79 Å². The lowest BCUT2D eigenvalue weighted by molar-refractivity contribution is -0.419. The van der Waals surface area contributed by atoms with Gasteiger partial charge < -0.3 is 19.7 Å². The second-order valence-electron chi connectivity index (χ2n) is 3.10. The standard InChI is InChI=1S/C8H14O5/c1-2-3-4-5-6(9)8(11)12-7(10)13-8/h6,9,11H,2-5H2,1H3. The van der Waals surface area contributed by atoms with Crippen LogP contribution in [0.25, 0.3) is 0 Å². The van der Waals surface area contributed by atoms with Crippen LogP contribution in [-0.2, 0) is 9.47 Å². The van der Waals surface area contributed by atoms with E-state index in [4.69, 9.17) is 0 Å². The summed E-state index contributed by atoms with van der Waals surface area (Å²) in [6.07, 6.45) is 1.000. The Kier molecular flexibility index (Phi) is 3.11. The molecule has 5 heteroatoms. The van der Waals surface area contributed by atoms with Crippen molar-refractivity contribution in [2.24, 2.45) is 0 Å². The number of hydrogen-bond acceptors (Lipinski definition) is 5. The lowest BCUT2D eigenvalue weighted by Crippen LogP contribution is -2.58. The quantitative estimate of drug-likeness (QED) is 0.494. The first-order chi connectivity index (χ1) is 6.08. The molecule has 0 aliphatic carbocycles. The smallest absolute Gasteiger partial charge is 0.382 e. The van der Waals surface area contributed by atoms with E-state index in [9.17, 15) is 15.0 Å². The number of carbonyl (C=O) groups is 1. The predicted octanol–water partition coefficient (Wildman–Crippen LogP) is 0.740. The number of unbranched alkanes of at least 4 members (excludes halogenated alkanes) is 2. The van der Waals surface area contributed by atoms with E-state index in [2.05, 4.69) is 9.47 Å². The van der Waals surface area contributed by atoms with Crippen molar-refractivity contribution in [3.63, 3.8) is 0 Å². The molecule has 1 aliphatic heterocycles. The first-order valence-corrected chi connectivity index (χ1v) is 4.41. The predicted molar refractivity (Wildman–Crippen MR) is 42.7 cm³/mol. The van der Waals surface area contributed by atoms with Crippen LogP contribution in [0.15, 0.2) is 0 Å². The molecule has 0 aromatic carbocycles. The molecule has 13 heavy (non-hydrogen) atoms. The Morgan fingerprint density at radius 1 is 1.46 bits per heavy atom. The van der Waals surface area contributed by atoms with Crippen LogP contribution in [-0.4, -0.2) is 28.4 Å². The summed E-state index contributed by atoms with van der Waals surface area (Å²) in [5.74, 6) is -2.09. The van der Waals surface area contributed by atoms with Crippen molar-refractivity contribution < 1.29 is 24.5 Å². The van der Waals surface area contributed by atoms with Gasteiger partial charge in [-0.3, -0.25) is 0 Å². The Hall–Kier alpha value is -0.810. The molecule has 0 aromatic rings. The molecular weight excluding hydrogens is 176 g/mol. The van der Waals surface area contributed by atoms with Gasteiger partial charge in [0.15, 0.2) is 6.10 Å². The van der Waals surface area contributed by atoms with Gasteiger partial charge in [0.25, 0.3) is 0 Å². The molecule has 0 bridgehead atoms. The van der Waals surface area contributed by atoms with E-state index in [1.165, 1.54) is 0 Å². The van der Waals surface area contributed by atoms with Gasteiger partial charge >= 0.3 is 12.1 Å². The van der Waals surface area contributed by atoms with E-state index < -0.39 is 18.2 Å². The van der Waals surface area contributed by atoms with Crippen LogP contribution in [0, 0.1) is 0 Å². The highest BCUT2D eigenvalue weighted by Gasteiger charge is 2.53. The van der Waals surface area contributed by atoms with Gasteiger partial charge in [0, 0.05) is 0 Å². The van der Waals surface area contributed by atoms with Gasteiger partial charge in [-0.05, 0) is 6.42 Å². The lowest BCUT2D eigenvalue weighted by atomic mass is 10.1. The third-order valence-electron chi connectivity index (χ3n) is 1.96. The number of aliphatic hydroxyl groups excluding tert-OH is 1. The Morgan fingerprint density at radius 2 is 2.08 bits per heavy atom. The number of aliphatic hydroxyl groups is 2. The van der Waals surface area contributed by atoms with Crippen LogP contribution in [0.1, 0.15) is 32.6 Å². The molecule has 1 atom stereocenters. The summed E-state index contributed by atoms with van der Waals surface area (Å²) in [4.78, 5) is 10.2. The fourth-order valence-electron chi connectivity index (χ4n) is 1.15. The van der Waals surface area contributed by atoms with Crippen LogP contribution in [0.2, 0.25) is 0 Å². The Balaban J connectivity index is 2.23. The van der Waals surface area contributed by atoms with Gasteiger partial charge in [0.05, 0.1) is 0 Å². The minimum absolute atomic E-state index is 0.359. The highest BCUT2D eigenvalue weighted by atomic mass is 17.0. The van der Waals surface area contributed by atoms with E-state index in [-0.39, 0.29) is 0 Å². The SMILES string of the molecule is CCCCCC(O)C1(O)OC(=O)O1. The molecule has 76 valence electrons. The van der Waals surface area contributed by atoms with Gasteiger partial charge in [-0.2, -0.15) is 0 Å². The summed E-state index contributed by atoms with van der Waals surface area (Å²) in [7, 11) is 0. The number of carbonyl (C=O) groups excluding carboxylic acids is 1. The molecule has 1 rings (SSSR count). The van der Waals surface area contributed by atoms with Crippen molar-refractivity contribution in [3.05, 3.63) is 0 Å². The summed E-state index contributed by atoms with van der Waals surface area (Å²) in [5, 5.41) is 18.6. The molecule has 1 fully saturated rings. The van der Waals surface area contributed by atoms with E-state index in [0.29, 0.717) is 6.42 Å². The van der Waals surface area contributed by atoms with Crippen LogP contribution in [0.5, 0.6) is 0 Å². The van der Waals surface area contributed by atoms with Crippen molar-refractivity contribution in [2.75, 3.05) is 0 Å². The first kappa shape index (κ1) is 10.3. The maximum absolute atomic E-state index is 10.2. The first-order valence-electron chi connectivity index (χ1n) is 4.41. The highest BCUT2D eigenvalue weighted by molar-refractivity contribution is 5.65. The monoisotopic (exact) mass is 190 g/mol. The molecule has 1 saturated heterocycles. The zero-order valence-electron chi connectivity index (χ0n) is 7.52. The Labute approximate surface area is 76.3 Å². The van der Waals surface area contributed by atoms with Crippen LogP contribution < -0.4 is 0 Å². The van der Waals surface area contributed by atoms with Crippen molar-refractivity contribution in [1.29, 1.82) is 0 Å². The summed E-state index contributed by atoms with van der Waals surface area (Å²) >= 11 is 0. The molecule has 5 nitrogen and oxygen atoms in total. The lowest BCUT2D eigenvalue weighted by Gasteiger charge is -2.37. The number of cyclic esters (lactones) is 2. The number of rotatable bonds is 5. The Morgan fingerprint density at radius 3 is 2.54 bits per heavy atom. The largest absolute Gasteiger partial charge is 0.518 e. The maximum Gasteiger partial charge on any atom is 0.518 e. The molecule has 1 aliphatic rings. The summed E-state index contributed by atoms with van der Waals surface area (Å²) in [6, 6.07) is 0. The maximum atomic E-state index is 10.2. The highest BCUT2D eigenvalue weighted by Crippen LogP contribution is 2.28. The van der Waals surface area contributed by atoms with Crippen molar-refractivity contribution in [2.45, 2.75) is 44.7 Å². The van der Waals surface area contributed by atoms with Gasteiger partial charge in [-0.15, -0.1) is 0 Å². The topological polar surface area (TPSA) is 76.0 Å². The third kappa shape index (κ3) is 2.32.